The summed E-state index contributed by atoms with van der Waals surface area (Å²) in [5.41, 5.74) is 0. The zero-order chi connectivity index (χ0) is 13.0. The number of rotatable bonds is 5. The van der Waals surface area contributed by atoms with Crippen LogP contribution in [0.1, 0.15) is 16.8 Å². The molecule has 0 unspecified atom stereocenters. The Morgan fingerprint density at radius 3 is 2.83 bits per heavy atom. The van der Waals surface area contributed by atoms with Crippen LogP contribution in [0.3, 0.4) is 0 Å². The van der Waals surface area contributed by atoms with Gasteiger partial charge in [-0.25, -0.2) is 9.97 Å². The molecule has 0 fully saturated rings. The highest BCUT2D eigenvalue weighted by atomic mass is 79.9. The molecule has 0 atom stereocenters. The van der Waals surface area contributed by atoms with Crippen molar-refractivity contribution in [3.8, 4) is 0 Å². The Kier molecular flexibility index (Phi) is 4.48. The molecule has 0 aromatic carbocycles. The van der Waals surface area contributed by atoms with Gasteiger partial charge in [-0.2, -0.15) is 4.98 Å². The van der Waals surface area contributed by atoms with Crippen molar-refractivity contribution in [1.82, 2.24) is 15.0 Å². The van der Waals surface area contributed by atoms with Gasteiger partial charge < -0.3 is 10.6 Å². The number of halogens is 1. The molecular formula is C11H14BrN5S. The third-order valence-corrected chi connectivity index (χ3v) is 4.05. The first-order valence-electron chi connectivity index (χ1n) is 5.60. The first kappa shape index (κ1) is 13.2. The molecule has 0 radical (unpaired) electrons. The van der Waals surface area contributed by atoms with Gasteiger partial charge in [-0.05, 0) is 22.4 Å². The second-order valence-electron chi connectivity index (χ2n) is 3.57. The van der Waals surface area contributed by atoms with Crippen molar-refractivity contribution in [1.29, 1.82) is 0 Å². The SMILES string of the molecule is CCc1cnc(CNc2nc(NC)ncc2Br)s1. The minimum atomic E-state index is 0.592. The minimum Gasteiger partial charge on any atom is -0.362 e. The van der Waals surface area contributed by atoms with E-state index < -0.39 is 0 Å². The third-order valence-electron chi connectivity index (χ3n) is 2.32. The summed E-state index contributed by atoms with van der Waals surface area (Å²) in [7, 11) is 1.79. The van der Waals surface area contributed by atoms with Crippen molar-refractivity contribution in [2.75, 3.05) is 17.7 Å². The summed E-state index contributed by atoms with van der Waals surface area (Å²) in [5, 5.41) is 7.22. The van der Waals surface area contributed by atoms with Crippen molar-refractivity contribution in [2.24, 2.45) is 0 Å². The van der Waals surface area contributed by atoms with E-state index in [0.717, 1.165) is 21.7 Å². The van der Waals surface area contributed by atoms with Gasteiger partial charge in [-0.1, -0.05) is 6.92 Å². The average molecular weight is 328 g/mol. The van der Waals surface area contributed by atoms with Crippen molar-refractivity contribution < 1.29 is 0 Å². The fraction of sp³-hybridized carbons (Fsp3) is 0.364. The Bertz CT molecular complexity index is 528. The van der Waals surface area contributed by atoms with Crippen LogP contribution in [0, 0.1) is 0 Å². The molecule has 18 heavy (non-hydrogen) atoms. The molecule has 0 aliphatic carbocycles. The van der Waals surface area contributed by atoms with Crippen molar-refractivity contribution in [3.05, 3.63) is 26.8 Å². The average Bonchev–Trinajstić information content (AvgIpc) is 2.86. The maximum Gasteiger partial charge on any atom is 0.224 e. The van der Waals surface area contributed by atoms with Gasteiger partial charge in [0, 0.05) is 24.3 Å². The van der Waals surface area contributed by atoms with Gasteiger partial charge in [0.15, 0.2) is 0 Å². The van der Waals surface area contributed by atoms with Gasteiger partial charge in [0.05, 0.1) is 11.0 Å². The highest BCUT2D eigenvalue weighted by molar-refractivity contribution is 9.10. The molecule has 0 aliphatic rings. The lowest BCUT2D eigenvalue weighted by Gasteiger charge is -2.07. The molecule has 2 aromatic heterocycles. The summed E-state index contributed by atoms with van der Waals surface area (Å²) in [5.74, 6) is 1.36. The zero-order valence-electron chi connectivity index (χ0n) is 10.2. The Balaban J connectivity index is 2.05. The largest absolute Gasteiger partial charge is 0.362 e. The van der Waals surface area contributed by atoms with E-state index in [4.69, 9.17) is 0 Å². The smallest absolute Gasteiger partial charge is 0.224 e. The van der Waals surface area contributed by atoms with Crippen LogP contribution in [0.4, 0.5) is 11.8 Å². The minimum absolute atomic E-state index is 0.592. The van der Waals surface area contributed by atoms with Crippen LogP contribution in [0.15, 0.2) is 16.9 Å². The molecule has 96 valence electrons. The highest BCUT2D eigenvalue weighted by Gasteiger charge is 2.05. The maximum absolute atomic E-state index is 4.36. The second kappa shape index (κ2) is 6.10. The number of nitrogens with zero attached hydrogens (tertiary/aromatic N) is 3. The second-order valence-corrected chi connectivity index (χ2v) is 5.62. The van der Waals surface area contributed by atoms with E-state index in [1.54, 1.807) is 24.6 Å². The standard InChI is InChI=1S/C11H14BrN5S/c1-3-7-4-14-9(18-7)6-15-10-8(12)5-16-11(13-2)17-10/h4-5H,3,6H2,1-2H3,(H2,13,15,16,17). The Labute approximate surface area is 118 Å². The number of aryl methyl sites for hydroxylation is 1. The molecule has 7 heteroatoms. The number of hydrogen-bond donors (Lipinski definition) is 2. The van der Waals surface area contributed by atoms with Gasteiger partial charge in [0.1, 0.15) is 10.8 Å². The van der Waals surface area contributed by atoms with Gasteiger partial charge in [0.25, 0.3) is 0 Å². The predicted octanol–water partition coefficient (Wildman–Crippen LogP) is 2.91. The summed E-state index contributed by atoms with van der Waals surface area (Å²) in [6.07, 6.45) is 4.68. The summed E-state index contributed by atoms with van der Waals surface area (Å²) >= 11 is 5.14. The molecule has 5 nitrogen and oxygen atoms in total. The molecule has 2 aromatic rings. The third kappa shape index (κ3) is 3.17. The van der Waals surface area contributed by atoms with Crippen LogP contribution in [-0.4, -0.2) is 22.0 Å². The fourth-order valence-corrected chi connectivity index (χ4v) is 2.50. The normalized spacial score (nSPS) is 10.4. The van der Waals surface area contributed by atoms with Crippen LogP contribution >= 0.6 is 27.3 Å². The lowest BCUT2D eigenvalue weighted by Crippen LogP contribution is -2.04. The molecule has 0 spiro atoms. The lowest BCUT2D eigenvalue weighted by atomic mass is 10.4. The first-order chi connectivity index (χ1) is 8.72. The van der Waals surface area contributed by atoms with Crippen LogP contribution in [0.5, 0.6) is 0 Å². The van der Waals surface area contributed by atoms with Crippen molar-refractivity contribution in [2.45, 2.75) is 19.9 Å². The molecule has 0 saturated carbocycles. The molecule has 0 bridgehead atoms. The summed E-state index contributed by atoms with van der Waals surface area (Å²) in [6.45, 7) is 2.80. The molecule has 2 heterocycles. The quantitative estimate of drug-likeness (QED) is 0.884. The van der Waals surface area contributed by atoms with E-state index in [9.17, 15) is 0 Å². The van der Waals surface area contributed by atoms with Gasteiger partial charge in [0.2, 0.25) is 5.95 Å². The van der Waals surface area contributed by atoms with Gasteiger partial charge in [-0.3, -0.25) is 0 Å². The lowest BCUT2D eigenvalue weighted by molar-refractivity contribution is 1.05. The Hall–Kier alpha value is -1.21. The molecule has 0 aliphatic heterocycles. The van der Waals surface area contributed by atoms with E-state index in [1.165, 1.54) is 4.88 Å². The van der Waals surface area contributed by atoms with E-state index in [2.05, 4.69) is 48.4 Å². The zero-order valence-corrected chi connectivity index (χ0v) is 12.6. The van der Waals surface area contributed by atoms with E-state index in [0.29, 0.717) is 12.5 Å². The summed E-state index contributed by atoms with van der Waals surface area (Å²) < 4.78 is 0.841. The van der Waals surface area contributed by atoms with Crippen LogP contribution in [0.25, 0.3) is 0 Å². The fourth-order valence-electron chi connectivity index (χ4n) is 1.36. The number of aromatic nitrogens is 3. The number of nitrogens with one attached hydrogen (secondary N) is 2. The summed E-state index contributed by atoms with van der Waals surface area (Å²) in [4.78, 5) is 14.1. The van der Waals surface area contributed by atoms with E-state index >= 15 is 0 Å². The molecular weight excluding hydrogens is 314 g/mol. The molecule has 0 amide bonds. The van der Waals surface area contributed by atoms with E-state index in [-0.39, 0.29) is 0 Å². The maximum atomic E-state index is 4.36. The highest BCUT2D eigenvalue weighted by Crippen LogP contribution is 2.21. The molecule has 0 saturated heterocycles. The Morgan fingerprint density at radius 2 is 2.17 bits per heavy atom. The van der Waals surface area contributed by atoms with Gasteiger partial charge >= 0.3 is 0 Å². The molecule has 2 rings (SSSR count). The van der Waals surface area contributed by atoms with Crippen molar-refractivity contribution in [3.63, 3.8) is 0 Å². The van der Waals surface area contributed by atoms with Crippen molar-refractivity contribution >= 4 is 39.0 Å². The number of thiazole rings is 1. The van der Waals surface area contributed by atoms with Crippen LogP contribution in [-0.2, 0) is 13.0 Å². The number of hydrogen-bond acceptors (Lipinski definition) is 6. The monoisotopic (exact) mass is 327 g/mol. The topological polar surface area (TPSA) is 62.7 Å². The number of anilines is 2. The predicted molar refractivity (Wildman–Crippen MR) is 78.1 cm³/mol. The molecule has 2 N–H and O–H groups in total. The first-order valence-corrected chi connectivity index (χ1v) is 7.21. The van der Waals surface area contributed by atoms with Crippen LogP contribution < -0.4 is 10.6 Å². The van der Waals surface area contributed by atoms with E-state index in [1.807, 2.05) is 6.20 Å². The van der Waals surface area contributed by atoms with Gasteiger partial charge in [-0.15, -0.1) is 11.3 Å². The summed E-state index contributed by atoms with van der Waals surface area (Å²) in [6, 6.07) is 0. The Morgan fingerprint density at radius 1 is 1.33 bits per heavy atom. The van der Waals surface area contributed by atoms with Crippen LogP contribution in [0.2, 0.25) is 0 Å².